The number of aromatic nitrogens is 3. The van der Waals surface area contributed by atoms with E-state index in [9.17, 15) is 5.41 Å². The SMILES string of the molecule is N=C(N=C(N)n1c2ccccc2c2ccc3c4ccccc4n(-c4ccccc4)c3c21)n1c2c(c3ccccc31)C=CC1c3ccccc3N(c3ccccc3)C21. The molecule has 12 rings (SSSR count). The van der Waals surface area contributed by atoms with Crippen molar-refractivity contribution in [3.8, 4) is 5.69 Å². The molecule has 0 bridgehead atoms. The number of anilines is 2. The zero-order valence-electron chi connectivity index (χ0n) is 30.8. The summed E-state index contributed by atoms with van der Waals surface area (Å²) >= 11 is 0. The number of benzene rings is 7. The number of para-hydroxylation sites is 6. The molecule has 57 heavy (non-hydrogen) atoms. The van der Waals surface area contributed by atoms with Gasteiger partial charge in [-0.05, 0) is 54.1 Å². The molecule has 270 valence electrons. The van der Waals surface area contributed by atoms with Crippen molar-refractivity contribution in [2.24, 2.45) is 10.7 Å². The number of nitrogens with two attached hydrogens (primary N) is 1. The van der Waals surface area contributed by atoms with Gasteiger partial charge < -0.3 is 15.2 Å². The molecule has 10 aromatic rings. The van der Waals surface area contributed by atoms with E-state index in [1.54, 1.807) is 0 Å². The van der Waals surface area contributed by atoms with E-state index in [4.69, 9.17) is 10.7 Å². The summed E-state index contributed by atoms with van der Waals surface area (Å²) < 4.78 is 6.42. The number of aliphatic imine (C=N–C) groups is 1. The van der Waals surface area contributed by atoms with E-state index >= 15 is 0 Å². The van der Waals surface area contributed by atoms with Crippen LogP contribution in [0.25, 0.3) is 66.3 Å². The third kappa shape index (κ3) is 4.36. The van der Waals surface area contributed by atoms with Gasteiger partial charge in [-0.2, -0.15) is 4.99 Å². The normalized spacial score (nSPS) is 16.2. The van der Waals surface area contributed by atoms with Crippen LogP contribution in [0.15, 0.2) is 181 Å². The van der Waals surface area contributed by atoms with E-state index < -0.39 is 0 Å². The largest absolute Gasteiger partial charge is 0.369 e. The van der Waals surface area contributed by atoms with Crippen LogP contribution in [-0.4, -0.2) is 25.6 Å². The topological polar surface area (TPSA) is 80.3 Å². The Hall–Kier alpha value is -7.64. The van der Waals surface area contributed by atoms with E-state index in [1.807, 2.05) is 22.8 Å². The minimum atomic E-state index is -0.108. The van der Waals surface area contributed by atoms with Gasteiger partial charge in [0, 0.05) is 55.5 Å². The van der Waals surface area contributed by atoms with Crippen molar-refractivity contribution in [1.82, 2.24) is 13.7 Å². The third-order valence-corrected chi connectivity index (χ3v) is 12.1. The van der Waals surface area contributed by atoms with Crippen molar-refractivity contribution in [1.29, 1.82) is 5.41 Å². The molecule has 4 heterocycles. The minimum absolute atomic E-state index is 0.0599. The predicted octanol–water partition coefficient (Wildman–Crippen LogP) is 11.5. The fourth-order valence-corrected chi connectivity index (χ4v) is 9.83. The van der Waals surface area contributed by atoms with E-state index in [-0.39, 0.29) is 23.9 Å². The Morgan fingerprint density at radius 2 is 1.09 bits per heavy atom. The smallest absolute Gasteiger partial charge is 0.230 e. The Morgan fingerprint density at radius 1 is 0.526 bits per heavy atom. The first-order valence-electron chi connectivity index (χ1n) is 19.4. The summed E-state index contributed by atoms with van der Waals surface area (Å²) in [5, 5.41) is 15.5. The zero-order valence-corrected chi connectivity index (χ0v) is 30.8. The van der Waals surface area contributed by atoms with Gasteiger partial charge in [-0.25, -0.2) is 0 Å². The quantitative estimate of drug-likeness (QED) is 0.137. The molecule has 0 saturated heterocycles. The van der Waals surface area contributed by atoms with Crippen LogP contribution in [0.5, 0.6) is 0 Å². The van der Waals surface area contributed by atoms with Crippen LogP contribution in [0.2, 0.25) is 0 Å². The van der Waals surface area contributed by atoms with Crippen molar-refractivity contribution in [2.75, 3.05) is 4.90 Å². The molecule has 7 nitrogen and oxygen atoms in total. The van der Waals surface area contributed by atoms with Gasteiger partial charge in [-0.1, -0.05) is 133 Å². The van der Waals surface area contributed by atoms with E-state index in [1.165, 1.54) is 11.3 Å². The molecular weight excluding hydrogens is 699 g/mol. The van der Waals surface area contributed by atoms with Gasteiger partial charge in [0.15, 0.2) is 0 Å². The summed E-state index contributed by atoms with van der Waals surface area (Å²) in [5.41, 5.74) is 19.0. The Bertz CT molecular complexity index is 3340. The highest BCUT2D eigenvalue weighted by atomic mass is 15.3. The van der Waals surface area contributed by atoms with E-state index in [0.29, 0.717) is 0 Å². The summed E-state index contributed by atoms with van der Waals surface area (Å²) in [4.78, 5) is 7.53. The molecule has 1 aliphatic carbocycles. The molecule has 0 saturated carbocycles. The number of hydrogen-bond donors (Lipinski definition) is 2. The summed E-state index contributed by atoms with van der Waals surface area (Å²) in [5.74, 6) is 0.369. The third-order valence-electron chi connectivity index (χ3n) is 12.1. The molecule has 0 fully saturated rings. The molecule has 3 aromatic heterocycles. The highest BCUT2D eigenvalue weighted by molar-refractivity contribution is 6.26. The van der Waals surface area contributed by atoms with Gasteiger partial charge >= 0.3 is 0 Å². The number of rotatable bonds is 2. The molecule has 0 amide bonds. The van der Waals surface area contributed by atoms with Crippen LogP contribution in [0.4, 0.5) is 11.4 Å². The van der Waals surface area contributed by atoms with Crippen LogP contribution in [0, 0.1) is 5.41 Å². The molecule has 0 radical (unpaired) electrons. The molecule has 1 aliphatic heterocycles. The van der Waals surface area contributed by atoms with Gasteiger partial charge in [0.25, 0.3) is 0 Å². The first kappa shape index (κ1) is 31.7. The van der Waals surface area contributed by atoms with E-state index in [2.05, 4.69) is 178 Å². The van der Waals surface area contributed by atoms with Gasteiger partial charge in [-0.3, -0.25) is 14.5 Å². The summed E-state index contributed by atoms with van der Waals surface area (Å²) in [7, 11) is 0. The van der Waals surface area contributed by atoms with Crippen LogP contribution in [-0.2, 0) is 0 Å². The molecule has 7 heteroatoms. The lowest BCUT2D eigenvalue weighted by atomic mass is 9.86. The number of hydrogen-bond acceptors (Lipinski definition) is 2. The fourth-order valence-electron chi connectivity index (χ4n) is 9.83. The van der Waals surface area contributed by atoms with Crippen LogP contribution in [0.3, 0.4) is 0 Å². The first-order valence-corrected chi connectivity index (χ1v) is 19.4. The van der Waals surface area contributed by atoms with Crippen LogP contribution < -0.4 is 10.6 Å². The van der Waals surface area contributed by atoms with Gasteiger partial charge in [-0.15, -0.1) is 0 Å². The monoisotopic (exact) mass is 733 g/mol. The summed E-state index contributed by atoms with van der Waals surface area (Å²) in [6, 6.07) is 59.3. The Labute approximate surface area is 327 Å². The second-order valence-electron chi connectivity index (χ2n) is 14.9. The maximum Gasteiger partial charge on any atom is 0.230 e. The average Bonchev–Trinajstić information content (AvgIpc) is 3.99. The predicted molar refractivity (Wildman–Crippen MR) is 235 cm³/mol. The first-order chi connectivity index (χ1) is 28.2. The molecule has 0 spiro atoms. The standard InChI is InChI=1S/C50H35N7/c51-49(56-43-25-13-9-21-35(43)39-29-27-37-33-19-7-11-23-41(33)54(45(37)47(39)56)31-15-3-1-4-16-31)53-50(52)57-44-26-14-10-22-36(44)40-30-28-38-34-20-8-12-24-42(34)55(46(38)48(40)57)32-17-5-2-6-18-32/h1-30,37,45H,(H3,51,52,53). The number of nitrogens with one attached hydrogen (secondary N) is 1. The second kappa shape index (κ2) is 11.9. The van der Waals surface area contributed by atoms with Gasteiger partial charge in [0.1, 0.15) is 0 Å². The van der Waals surface area contributed by atoms with Gasteiger partial charge in [0.05, 0.1) is 39.3 Å². The molecular formula is C50H35N7. The maximum absolute atomic E-state index is 9.96. The lowest BCUT2D eigenvalue weighted by Crippen LogP contribution is -2.29. The maximum atomic E-state index is 9.96. The van der Waals surface area contributed by atoms with Crippen LogP contribution in [0.1, 0.15) is 28.8 Å². The zero-order chi connectivity index (χ0) is 37.8. The molecule has 2 unspecified atom stereocenters. The molecule has 2 atom stereocenters. The Kier molecular flexibility index (Phi) is 6.63. The lowest BCUT2D eigenvalue weighted by Gasteiger charge is -2.33. The highest BCUT2D eigenvalue weighted by Crippen LogP contribution is 2.57. The summed E-state index contributed by atoms with van der Waals surface area (Å²) in [6.45, 7) is 0. The van der Waals surface area contributed by atoms with Crippen molar-refractivity contribution in [3.05, 3.63) is 193 Å². The number of nitrogens with zero attached hydrogens (tertiary/aromatic N) is 5. The van der Waals surface area contributed by atoms with Crippen molar-refractivity contribution < 1.29 is 0 Å². The minimum Gasteiger partial charge on any atom is -0.369 e. The number of fused-ring (bicyclic) bond motifs is 14. The van der Waals surface area contributed by atoms with Crippen LogP contribution >= 0.6 is 0 Å². The van der Waals surface area contributed by atoms with E-state index in [0.717, 1.165) is 77.1 Å². The van der Waals surface area contributed by atoms with Crippen molar-refractivity contribution >= 4 is 83.9 Å². The Balaban J connectivity index is 1.12. The summed E-state index contributed by atoms with van der Waals surface area (Å²) in [6.07, 6.45) is 4.58. The average molecular weight is 734 g/mol. The van der Waals surface area contributed by atoms with Gasteiger partial charge in [0.2, 0.25) is 11.9 Å². The molecule has 7 aromatic carbocycles. The van der Waals surface area contributed by atoms with Crippen molar-refractivity contribution in [3.63, 3.8) is 0 Å². The molecule has 3 N–H and O–H groups in total. The highest BCUT2D eigenvalue weighted by Gasteiger charge is 2.44. The second-order valence-corrected chi connectivity index (χ2v) is 14.9. The lowest BCUT2D eigenvalue weighted by molar-refractivity contribution is 0.640. The fraction of sp³-hybridized carbons (Fsp3) is 0.0400. The Morgan fingerprint density at radius 3 is 1.82 bits per heavy atom. The molecule has 2 aliphatic rings. The van der Waals surface area contributed by atoms with Crippen molar-refractivity contribution in [2.45, 2.75) is 12.0 Å².